The fraction of sp³-hybridized carbons (Fsp3) is 0.312. The van der Waals surface area contributed by atoms with Gasteiger partial charge in [-0.1, -0.05) is 15.9 Å². The lowest BCUT2D eigenvalue weighted by molar-refractivity contribution is -0.142. The Hall–Kier alpha value is -2.35. The molecule has 0 amide bonds. The van der Waals surface area contributed by atoms with Crippen LogP contribution in [-0.4, -0.2) is 34.1 Å². The first-order valence-corrected chi connectivity index (χ1v) is 8.35. The second-order valence-corrected chi connectivity index (χ2v) is 6.49. The van der Waals surface area contributed by atoms with Crippen LogP contribution in [0.15, 0.2) is 35.1 Å². The van der Waals surface area contributed by atoms with Gasteiger partial charge in [-0.05, 0) is 37.1 Å². The number of piperidine rings is 1. The first-order valence-electron chi connectivity index (χ1n) is 7.56. The molecule has 3 rings (SSSR count). The van der Waals surface area contributed by atoms with Crippen molar-refractivity contribution in [3.8, 4) is 11.6 Å². The van der Waals surface area contributed by atoms with E-state index in [0.29, 0.717) is 49.1 Å². The zero-order chi connectivity index (χ0) is 17.1. The Balaban J connectivity index is 1.76. The van der Waals surface area contributed by atoms with E-state index in [9.17, 15) is 4.79 Å². The number of carboxylic acid groups (broad SMARTS) is 1. The highest BCUT2D eigenvalue weighted by Gasteiger charge is 2.27. The molecule has 7 nitrogen and oxygen atoms in total. The zero-order valence-electron chi connectivity index (χ0n) is 12.9. The van der Waals surface area contributed by atoms with E-state index < -0.39 is 5.97 Å². The normalized spacial score (nSPS) is 15.3. The Morgan fingerprint density at radius 3 is 2.54 bits per heavy atom. The maximum absolute atomic E-state index is 11.1. The highest BCUT2D eigenvalue weighted by Crippen LogP contribution is 2.33. The number of carbonyl (C=O) groups is 1. The largest absolute Gasteiger partial charge is 0.481 e. The lowest BCUT2D eigenvalue weighted by Gasteiger charge is -2.31. The summed E-state index contributed by atoms with van der Waals surface area (Å²) in [5.41, 5.74) is 6.52. The topological polar surface area (TPSA) is 102 Å². The van der Waals surface area contributed by atoms with Gasteiger partial charge in [0.25, 0.3) is 0 Å². The number of aliphatic carboxylic acids is 1. The van der Waals surface area contributed by atoms with Crippen molar-refractivity contribution in [2.45, 2.75) is 12.8 Å². The van der Waals surface area contributed by atoms with E-state index in [2.05, 4.69) is 25.9 Å². The fourth-order valence-corrected chi connectivity index (χ4v) is 2.92. The van der Waals surface area contributed by atoms with Crippen molar-refractivity contribution in [1.82, 2.24) is 9.97 Å². The van der Waals surface area contributed by atoms with Crippen molar-refractivity contribution in [1.29, 1.82) is 0 Å². The molecule has 0 saturated carbocycles. The van der Waals surface area contributed by atoms with Crippen molar-refractivity contribution < 1.29 is 14.6 Å². The number of halogens is 1. The molecule has 1 fully saturated rings. The predicted octanol–water partition coefficient (Wildman–Crippen LogP) is 2.91. The molecule has 1 saturated heterocycles. The van der Waals surface area contributed by atoms with Crippen LogP contribution in [-0.2, 0) is 4.79 Å². The average molecular weight is 393 g/mol. The van der Waals surface area contributed by atoms with E-state index in [1.54, 1.807) is 0 Å². The van der Waals surface area contributed by atoms with Crippen LogP contribution < -0.4 is 15.4 Å². The number of ether oxygens (including phenoxy) is 1. The van der Waals surface area contributed by atoms with Gasteiger partial charge < -0.3 is 20.5 Å². The number of rotatable bonds is 4. The Kier molecular flexibility index (Phi) is 4.84. The molecule has 0 aliphatic carbocycles. The number of anilines is 2. The van der Waals surface area contributed by atoms with Crippen LogP contribution in [0.25, 0.3) is 0 Å². The second-order valence-electron chi connectivity index (χ2n) is 5.57. The number of nitrogens with two attached hydrogens (primary N) is 1. The molecule has 0 radical (unpaired) electrons. The molecule has 0 atom stereocenters. The quantitative estimate of drug-likeness (QED) is 0.824. The average Bonchev–Trinajstić information content (AvgIpc) is 2.59. The monoisotopic (exact) mass is 392 g/mol. The van der Waals surface area contributed by atoms with Gasteiger partial charge in [-0.25, -0.2) is 4.98 Å². The molecule has 8 heteroatoms. The number of hydrogen-bond acceptors (Lipinski definition) is 6. The maximum Gasteiger partial charge on any atom is 0.306 e. The van der Waals surface area contributed by atoms with Gasteiger partial charge in [0.15, 0.2) is 5.82 Å². The Morgan fingerprint density at radius 2 is 1.92 bits per heavy atom. The first-order chi connectivity index (χ1) is 11.5. The van der Waals surface area contributed by atoms with Crippen LogP contribution >= 0.6 is 15.9 Å². The summed E-state index contributed by atoms with van der Waals surface area (Å²) in [5, 5.41) is 9.09. The van der Waals surface area contributed by atoms with Gasteiger partial charge in [0.05, 0.1) is 5.92 Å². The van der Waals surface area contributed by atoms with Crippen LogP contribution in [0.5, 0.6) is 11.6 Å². The molecule has 1 aliphatic heterocycles. The fourth-order valence-electron chi connectivity index (χ4n) is 2.66. The summed E-state index contributed by atoms with van der Waals surface area (Å²) < 4.78 is 6.69. The third-order valence-corrected chi connectivity index (χ3v) is 4.53. The Labute approximate surface area is 147 Å². The molecule has 2 heterocycles. The third kappa shape index (κ3) is 3.59. The van der Waals surface area contributed by atoms with Gasteiger partial charge in [0, 0.05) is 17.6 Å². The molecule has 1 aliphatic rings. The molecule has 0 bridgehead atoms. The van der Waals surface area contributed by atoms with Crippen molar-refractivity contribution in [2.24, 2.45) is 5.92 Å². The molecule has 2 aromatic rings. The summed E-state index contributed by atoms with van der Waals surface area (Å²) in [4.78, 5) is 21.4. The number of nitrogens with zero attached hydrogens (tertiary/aromatic N) is 3. The minimum absolute atomic E-state index is 0.294. The van der Waals surface area contributed by atoms with Crippen LogP contribution in [0.4, 0.5) is 11.5 Å². The molecular weight excluding hydrogens is 376 g/mol. The molecule has 1 aromatic carbocycles. The van der Waals surface area contributed by atoms with Gasteiger partial charge in [-0.3, -0.25) is 4.79 Å². The summed E-state index contributed by atoms with van der Waals surface area (Å²) >= 11 is 3.37. The molecule has 0 unspecified atom stereocenters. The minimum Gasteiger partial charge on any atom is -0.481 e. The van der Waals surface area contributed by atoms with E-state index in [-0.39, 0.29) is 5.92 Å². The maximum atomic E-state index is 11.1. The van der Waals surface area contributed by atoms with Gasteiger partial charge >= 0.3 is 5.97 Å². The smallest absolute Gasteiger partial charge is 0.306 e. The van der Waals surface area contributed by atoms with E-state index in [1.165, 1.54) is 6.33 Å². The molecule has 1 aromatic heterocycles. The Bertz CT molecular complexity index is 731. The minimum atomic E-state index is -0.746. The second kappa shape index (κ2) is 7.04. The van der Waals surface area contributed by atoms with Gasteiger partial charge in [-0.15, -0.1) is 0 Å². The lowest BCUT2D eigenvalue weighted by atomic mass is 9.97. The number of carboxylic acids is 1. The van der Waals surface area contributed by atoms with Gasteiger partial charge in [0.1, 0.15) is 17.8 Å². The van der Waals surface area contributed by atoms with Crippen LogP contribution in [0, 0.1) is 5.92 Å². The summed E-state index contributed by atoms with van der Waals surface area (Å²) in [6.07, 6.45) is 2.55. The van der Waals surface area contributed by atoms with Crippen molar-refractivity contribution in [3.63, 3.8) is 0 Å². The number of nitrogen functional groups attached to an aromatic ring is 1. The van der Waals surface area contributed by atoms with E-state index in [4.69, 9.17) is 15.6 Å². The lowest BCUT2D eigenvalue weighted by Crippen LogP contribution is -2.37. The predicted molar refractivity (Wildman–Crippen MR) is 93.2 cm³/mol. The summed E-state index contributed by atoms with van der Waals surface area (Å²) in [5.74, 6) is 0.454. The first kappa shape index (κ1) is 16.5. The summed E-state index contributed by atoms with van der Waals surface area (Å²) in [6, 6.07) is 7.35. The number of hydrogen-bond donors (Lipinski definition) is 2. The van der Waals surface area contributed by atoms with Crippen LogP contribution in [0.2, 0.25) is 0 Å². The van der Waals surface area contributed by atoms with Crippen LogP contribution in [0.1, 0.15) is 12.8 Å². The van der Waals surface area contributed by atoms with E-state index in [0.717, 1.165) is 4.47 Å². The van der Waals surface area contributed by atoms with Gasteiger partial charge in [-0.2, -0.15) is 4.98 Å². The third-order valence-electron chi connectivity index (χ3n) is 4.00. The Morgan fingerprint density at radius 1 is 1.25 bits per heavy atom. The van der Waals surface area contributed by atoms with Crippen molar-refractivity contribution in [3.05, 3.63) is 35.1 Å². The molecule has 24 heavy (non-hydrogen) atoms. The molecule has 126 valence electrons. The molecular formula is C16H17BrN4O3. The summed E-state index contributed by atoms with van der Waals surface area (Å²) in [7, 11) is 0. The van der Waals surface area contributed by atoms with Crippen molar-refractivity contribution in [2.75, 3.05) is 23.7 Å². The van der Waals surface area contributed by atoms with Crippen molar-refractivity contribution >= 4 is 33.4 Å². The van der Waals surface area contributed by atoms with Crippen LogP contribution in [0.3, 0.4) is 0 Å². The van der Waals surface area contributed by atoms with E-state index in [1.807, 2.05) is 29.2 Å². The number of aromatic nitrogens is 2. The zero-order valence-corrected chi connectivity index (χ0v) is 14.4. The SMILES string of the molecule is Nc1c(Oc2ccc(Br)cc2)ncnc1N1CCC(C(=O)O)CC1. The summed E-state index contributed by atoms with van der Waals surface area (Å²) in [6.45, 7) is 1.19. The standard InChI is InChI=1S/C16H17BrN4O3/c17-11-1-3-12(4-2-11)24-15-13(18)14(19-9-20-15)21-7-5-10(6-8-21)16(22)23/h1-4,9-10H,5-8,18H2,(H,22,23). The number of benzene rings is 1. The van der Waals surface area contributed by atoms with Gasteiger partial charge in [0.2, 0.25) is 5.88 Å². The molecule has 3 N–H and O–H groups in total. The van der Waals surface area contributed by atoms with E-state index >= 15 is 0 Å². The molecule has 0 spiro atoms. The highest BCUT2D eigenvalue weighted by molar-refractivity contribution is 9.10. The highest BCUT2D eigenvalue weighted by atomic mass is 79.9.